The summed E-state index contributed by atoms with van der Waals surface area (Å²) in [7, 11) is 0.567. The van der Waals surface area contributed by atoms with Crippen molar-refractivity contribution in [1.82, 2.24) is 0 Å². The molecule has 1 nitrogen and oxygen atoms in total. The first-order chi connectivity index (χ1) is 6.12. The van der Waals surface area contributed by atoms with Crippen LogP contribution in [0.5, 0.6) is 0 Å². The highest BCUT2D eigenvalue weighted by Crippen LogP contribution is 2.14. The molecule has 78 valence electrons. The molecule has 0 aromatic rings. The Hall–Kier alpha value is -0.0831. The molecule has 0 amide bonds. The molecule has 0 saturated heterocycles. The van der Waals surface area contributed by atoms with E-state index in [0.29, 0.717) is 0 Å². The summed E-state index contributed by atoms with van der Waals surface area (Å²) in [5.74, 6) is 0. The Morgan fingerprint density at radius 1 is 1.15 bits per heavy atom. The topological polar surface area (TPSA) is 9.23 Å². The molecule has 0 N–H and O–H groups in total. The molecule has 0 atom stereocenters. The number of allylic oxidation sites excluding steroid dienone is 2. The van der Waals surface area contributed by atoms with E-state index in [-0.39, 0.29) is 0 Å². The van der Waals surface area contributed by atoms with Crippen LogP contribution in [0.2, 0.25) is 19.1 Å². The lowest BCUT2D eigenvalue weighted by Gasteiger charge is -2.18. The van der Waals surface area contributed by atoms with Crippen molar-refractivity contribution in [2.45, 2.75) is 51.7 Å². The Morgan fingerprint density at radius 3 is 2.31 bits per heavy atom. The first kappa shape index (κ1) is 12.9. The van der Waals surface area contributed by atoms with Crippen molar-refractivity contribution in [3.05, 3.63) is 12.2 Å². The van der Waals surface area contributed by atoms with Crippen molar-refractivity contribution in [2.75, 3.05) is 7.11 Å². The Morgan fingerprint density at radius 2 is 1.77 bits per heavy atom. The van der Waals surface area contributed by atoms with E-state index < -0.39 is 8.32 Å². The Labute approximate surface area is 84.3 Å². The third-order valence-electron chi connectivity index (χ3n) is 2.32. The van der Waals surface area contributed by atoms with E-state index in [2.05, 4.69) is 32.2 Å². The van der Waals surface area contributed by atoms with E-state index in [1.807, 2.05) is 7.11 Å². The summed E-state index contributed by atoms with van der Waals surface area (Å²) in [4.78, 5) is 0. The Balaban J connectivity index is 3.35. The van der Waals surface area contributed by atoms with E-state index in [1.54, 1.807) is 0 Å². The van der Waals surface area contributed by atoms with E-state index in [9.17, 15) is 0 Å². The van der Waals surface area contributed by atoms with Crippen molar-refractivity contribution in [1.29, 1.82) is 0 Å². The van der Waals surface area contributed by atoms with Crippen molar-refractivity contribution >= 4 is 8.32 Å². The standard InChI is InChI=1S/C11H24OSi/c1-5-6-7-8-9-10-11-13(3,4)12-2/h7-8H,5-6,9-11H2,1-4H3. The van der Waals surface area contributed by atoms with Crippen molar-refractivity contribution < 1.29 is 4.43 Å². The molecule has 0 fully saturated rings. The number of unbranched alkanes of at least 4 members (excludes halogenated alkanes) is 2. The van der Waals surface area contributed by atoms with Crippen LogP contribution in [0.3, 0.4) is 0 Å². The van der Waals surface area contributed by atoms with Crippen LogP contribution in [-0.4, -0.2) is 15.4 Å². The second-order valence-corrected chi connectivity index (χ2v) is 8.54. The van der Waals surface area contributed by atoms with Crippen molar-refractivity contribution in [2.24, 2.45) is 0 Å². The number of hydrogen-bond donors (Lipinski definition) is 0. The molecule has 0 heterocycles. The fourth-order valence-corrected chi connectivity index (χ4v) is 2.41. The van der Waals surface area contributed by atoms with E-state index in [1.165, 1.54) is 31.7 Å². The van der Waals surface area contributed by atoms with Gasteiger partial charge < -0.3 is 4.43 Å². The minimum Gasteiger partial charge on any atom is -0.420 e. The highest BCUT2D eigenvalue weighted by atomic mass is 28.4. The number of rotatable bonds is 7. The molecular weight excluding hydrogens is 176 g/mol. The zero-order valence-corrected chi connectivity index (χ0v) is 10.6. The minimum atomic E-state index is -1.28. The van der Waals surface area contributed by atoms with Gasteiger partial charge in [0.1, 0.15) is 0 Å². The monoisotopic (exact) mass is 200 g/mol. The fraction of sp³-hybridized carbons (Fsp3) is 0.818. The first-order valence-electron chi connectivity index (χ1n) is 5.32. The maximum atomic E-state index is 5.48. The highest BCUT2D eigenvalue weighted by molar-refractivity contribution is 6.71. The van der Waals surface area contributed by atoms with Gasteiger partial charge in [0.2, 0.25) is 0 Å². The van der Waals surface area contributed by atoms with Gasteiger partial charge in [-0.15, -0.1) is 0 Å². The quantitative estimate of drug-likeness (QED) is 0.343. The molecule has 0 spiro atoms. The van der Waals surface area contributed by atoms with Crippen molar-refractivity contribution in [3.63, 3.8) is 0 Å². The molecule has 0 aliphatic carbocycles. The highest BCUT2D eigenvalue weighted by Gasteiger charge is 2.18. The smallest absolute Gasteiger partial charge is 0.186 e. The van der Waals surface area contributed by atoms with Crippen LogP contribution in [0.15, 0.2) is 12.2 Å². The third kappa shape index (κ3) is 8.25. The lowest BCUT2D eigenvalue weighted by atomic mass is 10.2. The minimum absolute atomic E-state index is 1.22. The van der Waals surface area contributed by atoms with Gasteiger partial charge >= 0.3 is 0 Å². The molecule has 2 heteroatoms. The molecule has 0 saturated carbocycles. The summed E-state index contributed by atoms with van der Waals surface area (Å²) in [6.07, 6.45) is 9.60. The van der Waals surface area contributed by atoms with Gasteiger partial charge in [0.05, 0.1) is 0 Å². The van der Waals surface area contributed by atoms with Crippen LogP contribution in [0, 0.1) is 0 Å². The molecule has 0 aromatic carbocycles. The predicted octanol–water partition coefficient (Wildman–Crippen LogP) is 3.97. The van der Waals surface area contributed by atoms with Crippen molar-refractivity contribution in [3.8, 4) is 0 Å². The largest absolute Gasteiger partial charge is 0.420 e. The lowest BCUT2D eigenvalue weighted by Crippen LogP contribution is -2.27. The van der Waals surface area contributed by atoms with Gasteiger partial charge in [-0.05, 0) is 32.0 Å². The molecule has 0 aliphatic heterocycles. The van der Waals surface area contributed by atoms with Gasteiger partial charge in [0.15, 0.2) is 8.32 Å². The van der Waals surface area contributed by atoms with Crippen LogP contribution >= 0.6 is 0 Å². The molecule has 0 unspecified atom stereocenters. The second-order valence-electron chi connectivity index (χ2n) is 4.12. The van der Waals surface area contributed by atoms with E-state index in [4.69, 9.17) is 4.43 Å². The molecule has 0 aromatic heterocycles. The van der Waals surface area contributed by atoms with Gasteiger partial charge in [0, 0.05) is 7.11 Å². The summed E-state index contributed by atoms with van der Waals surface area (Å²) < 4.78 is 5.48. The van der Waals surface area contributed by atoms with E-state index >= 15 is 0 Å². The van der Waals surface area contributed by atoms with Crippen LogP contribution in [0.1, 0.15) is 32.6 Å². The maximum absolute atomic E-state index is 5.48. The van der Waals surface area contributed by atoms with E-state index in [0.717, 1.165) is 0 Å². The molecule has 13 heavy (non-hydrogen) atoms. The Bertz CT molecular complexity index is 141. The van der Waals surface area contributed by atoms with Gasteiger partial charge in [-0.25, -0.2) is 0 Å². The van der Waals surface area contributed by atoms with Crippen LogP contribution < -0.4 is 0 Å². The van der Waals surface area contributed by atoms with Gasteiger partial charge in [0.25, 0.3) is 0 Å². The average Bonchev–Trinajstić information content (AvgIpc) is 2.11. The van der Waals surface area contributed by atoms with Crippen LogP contribution in [0.4, 0.5) is 0 Å². The molecule has 0 bridgehead atoms. The summed E-state index contributed by atoms with van der Waals surface area (Å²) >= 11 is 0. The third-order valence-corrected chi connectivity index (χ3v) is 4.99. The first-order valence-corrected chi connectivity index (χ1v) is 8.44. The maximum Gasteiger partial charge on any atom is 0.186 e. The molecular formula is C11H24OSi. The summed E-state index contributed by atoms with van der Waals surface area (Å²) in [5.41, 5.74) is 0. The lowest BCUT2D eigenvalue weighted by molar-refractivity contribution is 0.402. The Kier molecular flexibility index (Phi) is 7.29. The number of hydrogen-bond acceptors (Lipinski definition) is 1. The van der Waals surface area contributed by atoms with Crippen LogP contribution in [-0.2, 0) is 4.43 Å². The summed E-state index contributed by atoms with van der Waals surface area (Å²) in [6.45, 7) is 6.77. The second kappa shape index (κ2) is 7.33. The molecule has 0 rings (SSSR count). The van der Waals surface area contributed by atoms with Gasteiger partial charge in [-0.3, -0.25) is 0 Å². The zero-order chi connectivity index (χ0) is 10.2. The molecule has 0 radical (unpaired) electrons. The summed E-state index contributed by atoms with van der Waals surface area (Å²) in [6, 6.07) is 1.28. The molecule has 0 aliphatic rings. The zero-order valence-electron chi connectivity index (χ0n) is 9.60. The summed E-state index contributed by atoms with van der Waals surface area (Å²) in [5, 5.41) is 0. The predicted molar refractivity (Wildman–Crippen MR) is 62.6 cm³/mol. The van der Waals surface area contributed by atoms with Crippen LogP contribution in [0.25, 0.3) is 0 Å². The van der Waals surface area contributed by atoms with Gasteiger partial charge in [-0.2, -0.15) is 0 Å². The normalized spacial score (nSPS) is 12.6. The van der Waals surface area contributed by atoms with Gasteiger partial charge in [-0.1, -0.05) is 31.9 Å². The SMILES string of the molecule is CCCC=CCCC[Si](C)(C)OC. The fourth-order valence-electron chi connectivity index (χ4n) is 1.15. The average molecular weight is 200 g/mol.